The number of hydrogen-bond donors (Lipinski definition) is 2. The molecule has 7 nitrogen and oxygen atoms in total. The standard InChI is InChI=1S/C18H22N4O3S/c23-17(19-9-14-2-1-7-26-14)13-8-12-10-22(6-4-16(12)25-11-13)18(24)15-3-5-20-21-15/h1-3,5,7,12-13,16H,4,6,8-11H2,(H,19,23)(H,20,21)/t12-,13-,16+/m0/s1. The van der Waals surface area contributed by atoms with E-state index in [9.17, 15) is 9.59 Å². The van der Waals surface area contributed by atoms with Gasteiger partial charge in [0.05, 0.1) is 25.2 Å². The Morgan fingerprint density at radius 3 is 3.12 bits per heavy atom. The zero-order chi connectivity index (χ0) is 17.9. The van der Waals surface area contributed by atoms with Crippen LogP contribution in [0.15, 0.2) is 29.8 Å². The molecule has 138 valence electrons. The Bertz CT molecular complexity index is 747. The van der Waals surface area contributed by atoms with Crippen molar-refractivity contribution in [1.29, 1.82) is 0 Å². The summed E-state index contributed by atoms with van der Waals surface area (Å²) in [5.41, 5.74) is 0.505. The number of nitrogens with zero attached hydrogens (tertiary/aromatic N) is 2. The molecule has 2 N–H and O–H groups in total. The highest BCUT2D eigenvalue weighted by Gasteiger charge is 2.39. The molecule has 26 heavy (non-hydrogen) atoms. The molecular formula is C18H22N4O3S. The van der Waals surface area contributed by atoms with Crippen LogP contribution in [0.4, 0.5) is 0 Å². The third kappa shape index (κ3) is 3.66. The summed E-state index contributed by atoms with van der Waals surface area (Å²) in [4.78, 5) is 28.0. The lowest BCUT2D eigenvalue weighted by atomic mass is 9.83. The summed E-state index contributed by atoms with van der Waals surface area (Å²) in [7, 11) is 0. The van der Waals surface area contributed by atoms with Gasteiger partial charge in [0, 0.05) is 30.1 Å². The predicted octanol–water partition coefficient (Wildman–Crippen LogP) is 1.65. The number of fused-ring (bicyclic) bond motifs is 1. The molecule has 0 radical (unpaired) electrons. The number of likely N-dealkylation sites (tertiary alicyclic amines) is 1. The first kappa shape index (κ1) is 17.2. The Morgan fingerprint density at radius 1 is 1.42 bits per heavy atom. The van der Waals surface area contributed by atoms with Gasteiger partial charge in [0.2, 0.25) is 5.91 Å². The predicted molar refractivity (Wildman–Crippen MR) is 96.6 cm³/mol. The normalized spacial score (nSPS) is 25.5. The summed E-state index contributed by atoms with van der Waals surface area (Å²) >= 11 is 1.63. The van der Waals surface area contributed by atoms with Gasteiger partial charge in [0.25, 0.3) is 5.91 Å². The number of nitrogens with one attached hydrogen (secondary N) is 2. The van der Waals surface area contributed by atoms with E-state index < -0.39 is 0 Å². The van der Waals surface area contributed by atoms with E-state index in [1.54, 1.807) is 23.6 Å². The molecule has 2 saturated heterocycles. The molecule has 3 atom stereocenters. The maximum atomic E-state index is 12.5. The highest BCUT2D eigenvalue weighted by Crippen LogP contribution is 2.32. The molecule has 2 aromatic heterocycles. The monoisotopic (exact) mass is 374 g/mol. The van der Waals surface area contributed by atoms with Crippen molar-refractivity contribution >= 4 is 23.2 Å². The maximum absolute atomic E-state index is 12.5. The maximum Gasteiger partial charge on any atom is 0.271 e. The summed E-state index contributed by atoms with van der Waals surface area (Å²) in [5.74, 6) is 0.0411. The molecule has 4 rings (SSSR count). The smallest absolute Gasteiger partial charge is 0.271 e. The number of rotatable bonds is 4. The first-order chi connectivity index (χ1) is 12.7. The van der Waals surface area contributed by atoms with E-state index in [0.717, 1.165) is 17.7 Å². The number of ether oxygens (including phenoxy) is 1. The number of thiophene rings is 1. The molecule has 4 heterocycles. The van der Waals surface area contributed by atoms with Gasteiger partial charge in [-0.05, 0) is 30.4 Å². The first-order valence-corrected chi connectivity index (χ1v) is 9.79. The van der Waals surface area contributed by atoms with E-state index in [0.29, 0.717) is 31.9 Å². The summed E-state index contributed by atoms with van der Waals surface area (Å²) in [5, 5.41) is 11.6. The molecule has 0 unspecified atom stereocenters. The van der Waals surface area contributed by atoms with Crippen molar-refractivity contribution in [3.63, 3.8) is 0 Å². The van der Waals surface area contributed by atoms with Crippen molar-refractivity contribution in [3.05, 3.63) is 40.3 Å². The quantitative estimate of drug-likeness (QED) is 0.852. The third-order valence-electron chi connectivity index (χ3n) is 5.17. The largest absolute Gasteiger partial charge is 0.377 e. The van der Waals surface area contributed by atoms with E-state index in [4.69, 9.17) is 4.74 Å². The van der Waals surface area contributed by atoms with E-state index >= 15 is 0 Å². The van der Waals surface area contributed by atoms with E-state index in [-0.39, 0.29) is 29.8 Å². The fourth-order valence-corrected chi connectivity index (χ4v) is 4.42. The molecule has 2 aliphatic heterocycles. The highest BCUT2D eigenvalue weighted by molar-refractivity contribution is 7.09. The number of carbonyl (C=O) groups is 2. The average molecular weight is 374 g/mol. The molecule has 8 heteroatoms. The van der Waals surface area contributed by atoms with Crippen LogP contribution >= 0.6 is 11.3 Å². The van der Waals surface area contributed by atoms with Crippen molar-refractivity contribution < 1.29 is 14.3 Å². The number of aromatic amines is 1. The van der Waals surface area contributed by atoms with Crippen molar-refractivity contribution in [2.45, 2.75) is 25.5 Å². The SMILES string of the molecule is O=C(NCc1cccs1)[C@@H]1CO[C@@H]2CCN(C(=O)c3ccn[nH]3)C[C@@H]2C1. The fraction of sp³-hybridized carbons (Fsp3) is 0.500. The molecule has 2 amide bonds. The first-order valence-electron chi connectivity index (χ1n) is 8.91. The fourth-order valence-electron chi connectivity index (χ4n) is 3.77. The topological polar surface area (TPSA) is 87.3 Å². The molecule has 2 fully saturated rings. The van der Waals surface area contributed by atoms with Gasteiger partial charge in [-0.2, -0.15) is 5.10 Å². The zero-order valence-corrected chi connectivity index (χ0v) is 15.2. The second-order valence-electron chi connectivity index (χ2n) is 6.87. The summed E-state index contributed by atoms with van der Waals surface area (Å²) in [6.07, 6.45) is 3.29. The molecular weight excluding hydrogens is 352 g/mol. The molecule has 0 aromatic carbocycles. The zero-order valence-electron chi connectivity index (χ0n) is 14.4. The molecule has 2 aliphatic rings. The highest BCUT2D eigenvalue weighted by atomic mass is 32.1. The minimum atomic E-state index is -0.154. The number of hydrogen-bond acceptors (Lipinski definition) is 5. The molecule has 0 aliphatic carbocycles. The number of piperidine rings is 1. The van der Waals surface area contributed by atoms with Gasteiger partial charge < -0.3 is 15.0 Å². The van der Waals surface area contributed by atoms with Crippen LogP contribution in [0.2, 0.25) is 0 Å². The van der Waals surface area contributed by atoms with Crippen LogP contribution in [0.5, 0.6) is 0 Å². The minimum Gasteiger partial charge on any atom is -0.377 e. The lowest BCUT2D eigenvalue weighted by molar-refractivity contribution is -0.138. The molecule has 2 aromatic rings. The molecule has 0 bridgehead atoms. The molecule has 0 spiro atoms. The van der Waals surface area contributed by atoms with Gasteiger partial charge in [-0.1, -0.05) is 6.07 Å². The number of carbonyl (C=O) groups excluding carboxylic acids is 2. The van der Waals surface area contributed by atoms with Crippen molar-refractivity contribution in [3.8, 4) is 0 Å². The van der Waals surface area contributed by atoms with Crippen molar-refractivity contribution in [2.75, 3.05) is 19.7 Å². The Balaban J connectivity index is 1.33. The van der Waals surface area contributed by atoms with Gasteiger partial charge >= 0.3 is 0 Å². The van der Waals surface area contributed by atoms with Gasteiger partial charge in [-0.15, -0.1) is 11.3 Å². The van der Waals surface area contributed by atoms with Crippen LogP contribution in [-0.4, -0.2) is 52.7 Å². The van der Waals surface area contributed by atoms with E-state index in [1.807, 2.05) is 22.4 Å². The van der Waals surface area contributed by atoms with E-state index in [1.165, 1.54) is 0 Å². The van der Waals surface area contributed by atoms with E-state index in [2.05, 4.69) is 15.5 Å². The molecule has 0 saturated carbocycles. The van der Waals surface area contributed by atoms with Crippen LogP contribution in [0.25, 0.3) is 0 Å². The minimum absolute atomic E-state index is 0.0360. The van der Waals surface area contributed by atoms with Gasteiger partial charge in [-0.25, -0.2) is 0 Å². The summed E-state index contributed by atoms with van der Waals surface area (Å²) in [6.45, 7) is 2.32. The summed E-state index contributed by atoms with van der Waals surface area (Å²) < 4.78 is 5.96. The Morgan fingerprint density at radius 2 is 2.35 bits per heavy atom. The second kappa shape index (κ2) is 7.59. The number of aromatic nitrogens is 2. The van der Waals surface area contributed by atoms with Crippen LogP contribution < -0.4 is 5.32 Å². The van der Waals surface area contributed by atoms with Crippen LogP contribution in [0, 0.1) is 11.8 Å². The Hall–Kier alpha value is -2.19. The van der Waals surface area contributed by atoms with Gasteiger partial charge in [0.1, 0.15) is 5.69 Å². The van der Waals surface area contributed by atoms with Crippen LogP contribution in [0.1, 0.15) is 28.2 Å². The van der Waals surface area contributed by atoms with Gasteiger partial charge in [0.15, 0.2) is 0 Å². The number of amides is 2. The lowest BCUT2D eigenvalue weighted by Crippen LogP contribution is -2.51. The van der Waals surface area contributed by atoms with Crippen LogP contribution in [0.3, 0.4) is 0 Å². The number of H-pyrrole nitrogens is 1. The Kier molecular flexibility index (Phi) is 5.03. The van der Waals surface area contributed by atoms with Crippen LogP contribution in [-0.2, 0) is 16.1 Å². The second-order valence-corrected chi connectivity index (χ2v) is 7.90. The van der Waals surface area contributed by atoms with Gasteiger partial charge in [-0.3, -0.25) is 14.7 Å². The van der Waals surface area contributed by atoms with Crippen molar-refractivity contribution in [2.24, 2.45) is 11.8 Å². The summed E-state index contributed by atoms with van der Waals surface area (Å²) in [6, 6.07) is 5.68. The lowest BCUT2D eigenvalue weighted by Gasteiger charge is -2.42. The van der Waals surface area contributed by atoms with Crippen molar-refractivity contribution in [1.82, 2.24) is 20.4 Å². The third-order valence-corrected chi connectivity index (χ3v) is 6.05. The average Bonchev–Trinajstić information content (AvgIpc) is 3.38. The Labute approximate surface area is 155 Å².